The third-order valence-electron chi connectivity index (χ3n) is 3.13. The topological polar surface area (TPSA) is 55.4 Å². The van der Waals surface area contributed by atoms with Gasteiger partial charge in [0.05, 0.1) is 7.11 Å². The molecule has 0 fully saturated rings. The van der Waals surface area contributed by atoms with Gasteiger partial charge in [0.15, 0.2) is 0 Å². The van der Waals surface area contributed by atoms with Crippen LogP contribution in [0.2, 0.25) is 0 Å². The van der Waals surface area contributed by atoms with E-state index in [0.29, 0.717) is 11.7 Å². The van der Waals surface area contributed by atoms with E-state index in [4.69, 9.17) is 4.74 Å². The maximum atomic E-state index is 12.3. The van der Waals surface area contributed by atoms with Gasteiger partial charge < -0.3 is 4.74 Å². The summed E-state index contributed by atoms with van der Waals surface area (Å²) in [5.41, 5.74) is 0. The van der Waals surface area contributed by atoms with Crippen LogP contribution < -0.4 is 9.46 Å². The van der Waals surface area contributed by atoms with Crippen molar-refractivity contribution in [1.29, 1.82) is 0 Å². The lowest BCUT2D eigenvalue weighted by atomic mass is 10.0. The first-order valence-electron chi connectivity index (χ1n) is 7.02. The van der Waals surface area contributed by atoms with Crippen molar-refractivity contribution in [1.82, 2.24) is 4.72 Å². The summed E-state index contributed by atoms with van der Waals surface area (Å²) in [6.45, 7) is 6.24. The van der Waals surface area contributed by atoms with Gasteiger partial charge in [0.25, 0.3) is 0 Å². The van der Waals surface area contributed by atoms with E-state index >= 15 is 0 Å². The molecule has 0 bridgehead atoms. The Morgan fingerprint density at radius 1 is 1.15 bits per heavy atom. The van der Waals surface area contributed by atoms with E-state index in [-0.39, 0.29) is 10.9 Å². The van der Waals surface area contributed by atoms with Gasteiger partial charge in [0, 0.05) is 6.04 Å². The molecule has 1 N–H and O–H groups in total. The second kappa shape index (κ2) is 7.64. The zero-order chi connectivity index (χ0) is 15.2. The molecule has 0 aromatic heterocycles. The molecular formula is C15H25NO3S. The van der Waals surface area contributed by atoms with Crippen LogP contribution in [0.15, 0.2) is 29.2 Å². The Labute approximate surface area is 122 Å². The van der Waals surface area contributed by atoms with E-state index in [9.17, 15) is 8.42 Å². The van der Waals surface area contributed by atoms with Crippen molar-refractivity contribution in [2.75, 3.05) is 7.11 Å². The maximum Gasteiger partial charge on any atom is 0.244 e. The molecule has 1 atom stereocenters. The van der Waals surface area contributed by atoms with Gasteiger partial charge in [0.2, 0.25) is 10.0 Å². The molecule has 0 spiro atoms. The fraction of sp³-hybridized carbons (Fsp3) is 0.600. The molecule has 1 aromatic rings. The molecule has 0 radical (unpaired) electrons. The van der Waals surface area contributed by atoms with Crippen LogP contribution in [0.1, 0.15) is 40.0 Å². The van der Waals surface area contributed by atoms with E-state index in [1.165, 1.54) is 7.11 Å². The van der Waals surface area contributed by atoms with Crippen molar-refractivity contribution in [2.24, 2.45) is 5.92 Å². The van der Waals surface area contributed by atoms with Gasteiger partial charge >= 0.3 is 0 Å². The lowest BCUT2D eigenvalue weighted by molar-refractivity contribution is 0.401. The molecule has 114 valence electrons. The third kappa shape index (κ3) is 5.13. The van der Waals surface area contributed by atoms with Crippen molar-refractivity contribution in [3.8, 4) is 5.75 Å². The highest BCUT2D eigenvalue weighted by atomic mass is 32.2. The number of rotatable bonds is 8. The first-order valence-corrected chi connectivity index (χ1v) is 8.50. The molecule has 0 heterocycles. The molecule has 1 rings (SSSR count). The van der Waals surface area contributed by atoms with Gasteiger partial charge in [0.1, 0.15) is 10.6 Å². The van der Waals surface area contributed by atoms with Crippen molar-refractivity contribution in [3.05, 3.63) is 24.3 Å². The van der Waals surface area contributed by atoms with Crippen LogP contribution in [-0.4, -0.2) is 21.6 Å². The quantitative estimate of drug-likeness (QED) is 0.802. The zero-order valence-electron chi connectivity index (χ0n) is 12.7. The number of nitrogens with one attached hydrogen (secondary N) is 1. The summed E-state index contributed by atoms with van der Waals surface area (Å²) >= 11 is 0. The van der Waals surface area contributed by atoms with E-state index < -0.39 is 10.0 Å². The zero-order valence-corrected chi connectivity index (χ0v) is 13.5. The summed E-state index contributed by atoms with van der Waals surface area (Å²) in [5, 5.41) is 0. The van der Waals surface area contributed by atoms with Crippen molar-refractivity contribution in [3.63, 3.8) is 0 Å². The fourth-order valence-electron chi connectivity index (χ4n) is 2.06. The highest BCUT2D eigenvalue weighted by molar-refractivity contribution is 7.89. The molecule has 0 aliphatic carbocycles. The summed E-state index contributed by atoms with van der Waals surface area (Å²) in [4.78, 5) is 0.193. The smallest absolute Gasteiger partial charge is 0.244 e. The predicted octanol–water partition coefficient (Wildman–Crippen LogP) is 3.19. The number of hydrogen-bond donors (Lipinski definition) is 1. The molecule has 0 aliphatic heterocycles. The Morgan fingerprint density at radius 2 is 1.80 bits per heavy atom. The monoisotopic (exact) mass is 299 g/mol. The van der Waals surface area contributed by atoms with E-state index in [0.717, 1.165) is 19.3 Å². The average molecular weight is 299 g/mol. The number of para-hydroxylation sites is 1. The minimum atomic E-state index is -3.53. The molecule has 1 aromatic carbocycles. The number of sulfonamides is 1. The summed E-state index contributed by atoms with van der Waals surface area (Å²) in [6, 6.07) is 6.58. The molecule has 5 heteroatoms. The second-order valence-corrected chi connectivity index (χ2v) is 7.18. The van der Waals surface area contributed by atoms with E-state index in [2.05, 4.69) is 18.6 Å². The summed E-state index contributed by atoms with van der Waals surface area (Å²) in [5.74, 6) is 1.02. The number of benzene rings is 1. The average Bonchev–Trinajstić information content (AvgIpc) is 2.37. The SMILES string of the molecule is COc1ccccc1S(=O)(=O)NC(C)CCCC(C)C. The standard InChI is InChI=1S/C15H25NO3S/c1-12(2)8-7-9-13(3)16-20(17,18)15-11-6-5-10-14(15)19-4/h5-6,10-13,16H,7-9H2,1-4H3. The van der Waals surface area contributed by atoms with Crippen LogP contribution in [-0.2, 0) is 10.0 Å². The Bertz CT molecular complexity index is 512. The van der Waals surface area contributed by atoms with Crippen LogP contribution in [0.5, 0.6) is 5.75 Å². The molecule has 0 aliphatic rings. The number of ether oxygens (including phenoxy) is 1. The minimum Gasteiger partial charge on any atom is -0.495 e. The number of methoxy groups -OCH3 is 1. The van der Waals surface area contributed by atoms with Crippen molar-refractivity contribution in [2.45, 2.75) is 51.0 Å². The Hall–Kier alpha value is -1.07. The fourth-order valence-corrected chi connectivity index (χ4v) is 3.51. The van der Waals surface area contributed by atoms with Gasteiger partial charge in [-0.05, 0) is 31.4 Å². The third-order valence-corrected chi connectivity index (χ3v) is 4.76. The molecular weight excluding hydrogens is 274 g/mol. The van der Waals surface area contributed by atoms with E-state index in [1.54, 1.807) is 24.3 Å². The lowest BCUT2D eigenvalue weighted by Gasteiger charge is -2.16. The largest absolute Gasteiger partial charge is 0.495 e. The van der Waals surface area contributed by atoms with Crippen molar-refractivity contribution >= 4 is 10.0 Å². The molecule has 0 saturated heterocycles. The maximum absolute atomic E-state index is 12.3. The van der Waals surface area contributed by atoms with Crippen LogP contribution in [0.4, 0.5) is 0 Å². The van der Waals surface area contributed by atoms with Gasteiger partial charge in [-0.1, -0.05) is 38.8 Å². The van der Waals surface area contributed by atoms with Crippen molar-refractivity contribution < 1.29 is 13.2 Å². The second-order valence-electron chi connectivity index (χ2n) is 5.50. The van der Waals surface area contributed by atoms with Gasteiger partial charge in [-0.15, -0.1) is 0 Å². The normalized spacial score (nSPS) is 13.4. The number of hydrogen-bond acceptors (Lipinski definition) is 3. The first-order chi connectivity index (χ1) is 9.36. The Kier molecular flexibility index (Phi) is 6.49. The van der Waals surface area contributed by atoms with E-state index in [1.807, 2.05) is 6.92 Å². The molecule has 20 heavy (non-hydrogen) atoms. The Balaban J connectivity index is 2.69. The molecule has 0 saturated carbocycles. The first kappa shape index (κ1) is 17.0. The van der Waals surface area contributed by atoms with Gasteiger partial charge in [-0.25, -0.2) is 13.1 Å². The lowest BCUT2D eigenvalue weighted by Crippen LogP contribution is -2.32. The predicted molar refractivity (Wildman–Crippen MR) is 81.5 cm³/mol. The summed E-state index contributed by atoms with van der Waals surface area (Å²) < 4.78 is 32.5. The van der Waals surface area contributed by atoms with Gasteiger partial charge in [-0.2, -0.15) is 0 Å². The minimum absolute atomic E-state index is 0.0799. The molecule has 4 nitrogen and oxygen atoms in total. The van der Waals surface area contributed by atoms with Crippen LogP contribution in [0.25, 0.3) is 0 Å². The highest BCUT2D eigenvalue weighted by Gasteiger charge is 2.20. The van der Waals surface area contributed by atoms with Gasteiger partial charge in [-0.3, -0.25) is 0 Å². The molecule has 1 unspecified atom stereocenters. The van der Waals surface area contributed by atoms with Crippen LogP contribution in [0, 0.1) is 5.92 Å². The summed E-state index contributed by atoms with van der Waals surface area (Å²) in [7, 11) is -2.06. The highest BCUT2D eigenvalue weighted by Crippen LogP contribution is 2.23. The van der Waals surface area contributed by atoms with Crippen LogP contribution >= 0.6 is 0 Å². The molecule has 0 amide bonds. The Morgan fingerprint density at radius 3 is 2.40 bits per heavy atom. The summed E-state index contributed by atoms with van der Waals surface area (Å²) in [6.07, 6.45) is 2.97. The van der Waals surface area contributed by atoms with Crippen LogP contribution in [0.3, 0.4) is 0 Å².